The van der Waals surface area contributed by atoms with Gasteiger partial charge in [-0.2, -0.15) is 0 Å². The van der Waals surface area contributed by atoms with Gasteiger partial charge in [0.15, 0.2) is 6.61 Å². The van der Waals surface area contributed by atoms with Crippen molar-refractivity contribution >= 4 is 5.78 Å². The van der Waals surface area contributed by atoms with E-state index in [-0.39, 0.29) is 6.61 Å². The van der Waals surface area contributed by atoms with E-state index in [1.165, 1.54) is 6.07 Å². The second-order valence-corrected chi connectivity index (χ2v) is 4.39. The van der Waals surface area contributed by atoms with Crippen molar-refractivity contribution in [3.05, 3.63) is 65.2 Å². The molecular formula is C16H14F2O3. The fourth-order valence-electron chi connectivity index (χ4n) is 1.95. The quantitative estimate of drug-likeness (QED) is 0.833. The maximum atomic E-state index is 13.5. The molecule has 2 aromatic rings. The fraction of sp³-hybridized carbons (Fsp3) is 0.188. The first-order valence-electron chi connectivity index (χ1n) is 6.42. The lowest BCUT2D eigenvalue weighted by molar-refractivity contribution is 0.0912. The topological polar surface area (TPSA) is 46.5 Å². The maximum Gasteiger partial charge on any atom is 0.206 e. The highest BCUT2D eigenvalue weighted by molar-refractivity contribution is 5.97. The summed E-state index contributed by atoms with van der Waals surface area (Å²) in [5.41, 5.74) is 0.124. The molecule has 0 aromatic heterocycles. The lowest BCUT2D eigenvalue weighted by Crippen LogP contribution is -2.15. The Kier molecular flexibility index (Phi) is 5.00. The van der Waals surface area contributed by atoms with Gasteiger partial charge in [0, 0.05) is 6.61 Å². The van der Waals surface area contributed by atoms with Crippen LogP contribution in [0.3, 0.4) is 0 Å². The SMILES string of the molecule is O=C(COc1ccccc1CCO)c1c(F)cccc1F. The first-order valence-corrected chi connectivity index (χ1v) is 6.42. The van der Waals surface area contributed by atoms with E-state index >= 15 is 0 Å². The number of para-hydroxylation sites is 1. The van der Waals surface area contributed by atoms with E-state index in [9.17, 15) is 13.6 Å². The predicted octanol–water partition coefficient (Wildman–Crippen LogP) is 2.76. The third kappa shape index (κ3) is 3.64. The van der Waals surface area contributed by atoms with Crippen LogP contribution in [0.5, 0.6) is 5.75 Å². The van der Waals surface area contributed by atoms with Crippen molar-refractivity contribution < 1.29 is 23.4 Å². The zero-order chi connectivity index (χ0) is 15.2. The Hall–Kier alpha value is -2.27. The second-order valence-electron chi connectivity index (χ2n) is 4.39. The standard InChI is InChI=1S/C16H14F2O3/c17-12-5-3-6-13(18)16(12)14(20)10-21-15-7-2-1-4-11(15)8-9-19/h1-7,19H,8-10H2. The Labute approximate surface area is 120 Å². The molecule has 0 aliphatic carbocycles. The number of benzene rings is 2. The third-order valence-corrected chi connectivity index (χ3v) is 2.95. The molecule has 0 spiro atoms. The van der Waals surface area contributed by atoms with Crippen LogP contribution in [0.1, 0.15) is 15.9 Å². The van der Waals surface area contributed by atoms with E-state index < -0.39 is 29.6 Å². The predicted molar refractivity (Wildman–Crippen MR) is 73.4 cm³/mol. The molecule has 0 fully saturated rings. The molecule has 2 aromatic carbocycles. The summed E-state index contributed by atoms with van der Waals surface area (Å²) in [7, 11) is 0. The van der Waals surface area contributed by atoms with E-state index in [1.807, 2.05) is 0 Å². The molecule has 0 radical (unpaired) electrons. The lowest BCUT2D eigenvalue weighted by atomic mass is 10.1. The van der Waals surface area contributed by atoms with E-state index in [4.69, 9.17) is 9.84 Å². The summed E-state index contributed by atoms with van der Waals surface area (Å²) in [6, 6.07) is 10.1. The maximum absolute atomic E-state index is 13.5. The smallest absolute Gasteiger partial charge is 0.206 e. The summed E-state index contributed by atoms with van der Waals surface area (Å²) in [5, 5.41) is 8.95. The van der Waals surface area contributed by atoms with Crippen LogP contribution in [-0.4, -0.2) is 24.1 Å². The van der Waals surface area contributed by atoms with Gasteiger partial charge < -0.3 is 9.84 Å². The number of aliphatic hydroxyl groups excluding tert-OH is 1. The van der Waals surface area contributed by atoms with Crippen molar-refractivity contribution in [3.63, 3.8) is 0 Å². The zero-order valence-corrected chi connectivity index (χ0v) is 11.2. The molecule has 5 heteroatoms. The Bertz CT molecular complexity index is 621. The van der Waals surface area contributed by atoms with Gasteiger partial charge in [0.2, 0.25) is 5.78 Å². The number of Topliss-reactive ketones (excluding diaryl/α,β-unsaturated/α-hetero) is 1. The van der Waals surface area contributed by atoms with E-state index in [1.54, 1.807) is 24.3 Å². The molecule has 0 aliphatic rings. The Morgan fingerprint density at radius 2 is 1.71 bits per heavy atom. The number of halogens is 2. The van der Waals surface area contributed by atoms with Gasteiger partial charge in [-0.05, 0) is 30.2 Å². The molecule has 0 bridgehead atoms. The number of rotatable bonds is 6. The molecule has 3 nitrogen and oxygen atoms in total. The van der Waals surface area contributed by atoms with Gasteiger partial charge >= 0.3 is 0 Å². The highest BCUT2D eigenvalue weighted by atomic mass is 19.1. The number of carbonyl (C=O) groups excluding carboxylic acids is 1. The van der Waals surface area contributed by atoms with Gasteiger partial charge in [-0.15, -0.1) is 0 Å². The molecule has 2 rings (SSSR count). The molecule has 0 aliphatic heterocycles. The molecule has 0 heterocycles. The van der Waals surface area contributed by atoms with Crippen molar-refractivity contribution in [1.82, 2.24) is 0 Å². The largest absolute Gasteiger partial charge is 0.485 e. The van der Waals surface area contributed by atoms with Crippen LogP contribution in [0.15, 0.2) is 42.5 Å². The van der Waals surface area contributed by atoms with Crippen LogP contribution in [0.25, 0.3) is 0 Å². The fourth-order valence-corrected chi connectivity index (χ4v) is 1.95. The van der Waals surface area contributed by atoms with Crippen LogP contribution in [0.2, 0.25) is 0 Å². The first kappa shape index (κ1) is 15.1. The van der Waals surface area contributed by atoms with Crippen molar-refractivity contribution in [2.45, 2.75) is 6.42 Å². The minimum Gasteiger partial charge on any atom is -0.485 e. The van der Waals surface area contributed by atoms with Crippen LogP contribution < -0.4 is 4.74 Å². The van der Waals surface area contributed by atoms with Crippen LogP contribution in [0, 0.1) is 11.6 Å². The summed E-state index contributed by atoms with van der Waals surface area (Å²) < 4.78 is 32.3. The highest BCUT2D eigenvalue weighted by Crippen LogP contribution is 2.19. The monoisotopic (exact) mass is 292 g/mol. The normalized spacial score (nSPS) is 10.4. The average molecular weight is 292 g/mol. The average Bonchev–Trinajstić information content (AvgIpc) is 2.46. The number of hydrogen-bond acceptors (Lipinski definition) is 3. The molecular weight excluding hydrogens is 278 g/mol. The number of ketones is 1. The summed E-state index contributed by atoms with van der Waals surface area (Å²) >= 11 is 0. The molecule has 21 heavy (non-hydrogen) atoms. The summed E-state index contributed by atoms with van der Waals surface area (Å²) in [5.74, 6) is -2.18. The number of carbonyl (C=O) groups is 1. The number of hydrogen-bond donors (Lipinski definition) is 1. The van der Waals surface area contributed by atoms with Crippen LogP contribution >= 0.6 is 0 Å². The van der Waals surface area contributed by atoms with Gasteiger partial charge in [0.05, 0.1) is 5.56 Å². The molecule has 110 valence electrons. The Balaban J connectivity index is 2.11. The number of aliphatic hydroxyl groups is 1. The molecule has 0 saturated carbocycles. The van der Waals surface area contributed by atoms with Crippen LogP contribution in [-0.2, 0) is 6.42 Å². The van der Waals surface area contributed by atoms with Crippen LogP contribution in [0.4, 0.5) is 8.78 Å². The lowest BCUT2D eigenvalue weighted by Gasteiger charge is -2.10. The van der Waals surface area contributed by atoms with Gasteiger partial charge in [-0.3, -0.25) is 4.79 Å². The Morgan fingerprint density at radius 1 is 1.05 bits per heavy atom. The van der Waals surface area contributed by atoms with Crippen molar-refractivity contribution in [2.24, 2.45) is 0 Å². The summed E-state index contributed by atoms with van der Waals surface area (Å²) in [4.78, 5) is 11.9. The van der Waals surface area contributed by atoms with E-state index in [2.05, 4.69) is 0 Å². The molecule has 0 saturated heterocycles. The van der Waals surface area contributed by atoms with Gasteiger partial charge in [0.1, 0.15) is 17.4 Å². The molecule has 1 N–H and O–H groups in total. The summed E-state index contributed by atoms with van der Waals surface area (Å²) in [6.07, 6.45) is 0.373. The first-order chi connectivity index (χ1) is 10.1. The minimum atomic E-state index is -0.910. The molecule has 0 unspecified atom stereocenters. The van der Waals surface area contributed by atoms with Crippen molar-refractivity contribution in [1.29, 1.82) is 0 Å². The molecule has 0 amide bonds. The van der Waals surface area contributed by atoms with Gasteiger partial charge in [-0.1, -0.05) is 24.3 Å². The highest BCUT2D eigenvalue weighted by Gasteiger charge is 2.17. The van der Waals surface area contributed by atoms with E-state index in [0.717, 1.165) is 17.7 Å². The van der Waals surface area contributed by atoms with E-state index in [0.29, 0.717) is 12.2 Å². The van der Waals surface area contributed by atoms with Crippen molar-refractivity contribution in [3.8, 4) is 5.75 Å². The second kappa shape index (κ2) is 6.95. The van der Waals surface area contributed by atoms with Crippen molar-refractivity contribution in [2.75, 3.05) is 13.2 Å². The minimum absolute atomic E-state index is 0.0593. The third-order valence-electron chi connectivity index (χ3n) is 2.95. The molecule has 0 atom stereocenters. The zero-order valence-electron chi connectivity index (χ0n) is 11.2. The Morgan fingerprint density at radius 3 is 2.38 bits per heavy atom. The number of ether oxygens (including phenoxy) is 1. The summed E-state index contributed by atoms with van der Waals surface area (Å²) in [6.45, 7) is -0.531. The van der Waals surface area contributed by atoms with Gasteiger partial charge in [0.25, 0.3) is 0 Å². The van der Waals surface area contributed by atoms with Gasteiger partial charge in [-0.25, -0.2) is 8.78 Å².